The summed E-state index contributed by atoms with van der Waals surface area (Å²) in [7, 11) is 3.92. The van der Waals surface area contributed by atoms with E-state index in [2.05, 4.69) is 5.32 Å². The fourth-order valence-corrected chi connectivity index (χ4v) is 2.33. The van der Waals surface area contributed by atoms with Crippen LogP contribution >= 0.6 is 0 Å². The zero-order valence-corrected chi connectivity index (χ0v) is 14.3. The molecule has 0 heterocycles. The van der Waals surface area contributed by atoms with Gasteiger partial charge in [0, 0.05) is 26.3 Å². The molecule has 0 spiro atoms. The lowest BCUT2D eigenvalue weighted by atomic mass is 10.1. The minimum Gasteiger partial charge on any atom is -0.493 e. The average Bonchev–Trinajstić information content (AvgIpc) is 2.60. The first-order valence-corrected chi connectivity index (χ1v) is 7.98. The summed E-state index contributed by atoms with van der Waals surface area (Å²) in [5.41, 5.74) is 2.29. The molecule has 128 valence electrons. The minimum absolute atomic E-state index is 0.139. The number of ether oxygens (including phenoxy) is 1. The quantitative estimate of drug-likeness (QED) is 0.820. The number of hydrogen-bond acceptors (Lipinski definition) is 4. The number of aliphatic hydroxyl groups excluding tert-OH is 1. The second-order valence-electron chi connectivity index (χ2n) is 5.64. The van der Waals surface area contributed by atoms with Crippen LogP contribution in [-0.2, 0) is 0 Å². The van der Waals surface area contributed by atoms with Gasteiger partial charge in [0.1, 0.15) is 5.75 Å². The zero-order valence-electron chi connectivity index (χ0n) is 14.3. The number of carbonyl (C=O) groups excluding carboxylic acids is 1. The van der Waals surface area contributed by atoms with Gasteiger partial charge in [-0.3, -0.25) is 4.79 Å². The van der Waals surface area contributed by atoms with Crippen molar-refractivity contribution in [2.24, 2.45) is 0 Å². The molecular formula is C19H24N2O3. The van der Waals surface area contributed by atoms with Gasteiger partial charge in [0.2, 0.25) is 0 Å². The minimum atomic E-state index is -0.760. The van der Waals surface area contributed by atoms with Crippen molar-refractivity contribution < 1.29 is 14.6 Å². The second-order valence-corrected chi connectivity index (χ2v) is 5.64. The first-order valence-electron chi connectivity index (χ1n) is 7.98. The highest BCUT2D eigenvalue weighted by atomic mass is 16.5. The lowest BCUT2D eigenvalue weighted by molar-refractivity contribution is 0.0912. The molecule has 0 radical (unpaired) electrons. The molecule has 0 saturated heterocycles. The topological polar surface area (TPSA) is 61.8 Å². The molecule has 0 aliphatic carbocycles. The molecule has 1 atom stereocenters. The van der Waals surface area contributed by atoms with E-state index in [1.807, 2.05) is 56.3 Å². The number of hydrogen-bond donors (Lipinski definition) is 2. The molecule has 0 aromatic heterocycles. The summed E-state index contributed by atoms with van der Waals surface area (Å²) in [6, 6.07) is 14.7. The number of aliphatic hydroxyl groups is 1. The third-order valence-electron chi connectivity index (χ3n) is 3.68. The fraction of sp³-hybridized carbons (Fsp3) is 0.316. The number of nitrogens with zero attached hydrogens (tertiary/aromatic N) is 1. The molecule has 0 saturated carbocycles. The number of para-hydroxylation sites is 1. The first-order chi connectivity index (χ1) is 11.5. The molecule has 1 unspecified atom stereocenters. The Hall–Kier alpha value is -2.53. The Morgan fingerprint density at radius 2 is 1.83 bits per heavy atom. The maximum absolute atomic E-state index is 12.3. The number of anilines is 1. The molecule has 0 bridgehead atoms. The van der Waals surface area contributed by atoms with Gasteiger partial charge in [-0.05, 0) is 36.8 Å². The van der Waals surface area contributed by atoms with Crippen molar-refractivity contribution in [3.05, 3.63) is 59.7 Å². The van der Waals surface area contributed by atoms with Crippen molar-refractivity contribution >= 4 is 11.6 Å². The van der Waals surface area contributed by atoms with Gasteiger partial charge in [-0.15, -0.1) is 0 Å². The summed E-state index contributed by atoms with van der Waals surface area (Å²) in [6.45, 7) is 2.50. The molecule has 0 aliphatic heterocycles. The van der Waals surface area contributed by atoms with Crippen LogP contribution in [0.5, 0.6) is 5.75 Å². The molecule has 2 aromatic carbocycles. The van der Waals surface area contributed by atoms with Crippen molar-refractivity contribution in [3.63, 3.8) is 0 Å². The Morgan fingerprint density at radius 3 is 2.46 bits per heavy atom. The van der Waals surface area contributed by atoms with Gasteiger partial charge < -0.3 is 20.1 Å². The van der Waals surface area contributed by atoms with E-state index >= 15 is 0 Å². The molecular weight excluding hydrogens is 304 g/mol. The predicted molar refractivity (Wildman–Crippen MR) is 95.7 cm³/mol. The Morgan fingerprint density at radius 1 is 1.17 bits per heavy atom. The molecule has 24 heavy (non-hydrogen) atoms. The van der Waals surface area contributed by atoms with Crippen molar-refractivity contribution in [1.82, 2.24) is 5.32 Å². The maximum Gasteiger partial charge on any atom is 0.255 e. The standard InChI is InChI=1S/C19H24N2O3/c1-4-24-18-8-6-5-7-16(18)19(23)20-13-17(22)14-9-11-15(12-10-14)21(2)3/h5-12,17,22H,4,13H2,1-3H3,(H,20,23). The Kier molecular flexibility index (Phi) is 6.21. The molecule has 1 amide bonds. The number of amides is 1. The molecule has 2 aromatic rings. The monoisotopic (exact) mass is 328 g/mol. The van der Waals surface area contributed by atoms with Gasteiger partial charge in [0.05, 0.1) is 18.3 Å². The van der Waals surface area contributed by atoms with Crippen LogP contribution in [0, 0.1) is 0 Å². The molecule has 2 N–H and O–H groups in total. The van der Waals surface area contributed by atoms with E-state index in [0.29, 0.717) is 17.9 Å². The summed E-state index contributed by atoms with van der Waals surface area (Å²) in [6.07, 6.45) is -0.760. The van der Waals surface area contributed by atoms with Crippen molar-refractivity contribution in [3.8, 4) is 5.75 Å². The number of nitrogens with one attached hydrogen (secondary N) is 1. The van der Waals surface area contributed by atoms with Crippen LogP contribution in [0.15, 0.2) is 48.5 Å². The smallest absolute Gasteiger partial charge is 0.255 e. The van der Waals surface area contributed by atoms with Crippen molar-refractivity contribution in [2.45, 2.75) is 13.0 Å². The van der Waals surface area contributed by atoms with Crippen LogP contribution < -0.4 is 15.0 Å². The Bertz CT molecular complexity index is 669. The summed E-state index contributed by atoms with van der Waals surface area (Å²) in [5, 5.41) is 13.0. The Balaban J connectivity index is 1.98. The molecule has 0 aliphatic rings. The highest BCUT2D eigenvalue weighted by molar-refractivity contribution is 5.96. The van der Waals surface area contributed by atoms with Crippen LogP contribution in [0.4, 0.5) is 5.69 Å². The molecule has 2 rings (SSSR count). The van der Waals surface area contributed by atoms with Gasteiger partial charge in [-0.25, -0.2) is 0 Å². The zero-order chi connectivity index (χ0) is 17.5. The van der Waals surface area contributed by atoms with Crippen LogP contribution in [0.1, 0.15) is 28.9 Å². The predicted octanol–water partition coefficient (Wildman–Crippen LogP) is 2.61. The first kappa shape index (κ1) is 17.8. The van der Waals surface area contributed by atoms with E-state index in [1.165, 1.54) is 0 Å². The van der Waals surface area contributed by atoms with Gasteiger partial charge in [0.25, 0.3) is 5.91 Å². The summed E-state index contributed by atoms with van der Waals surface area (Å²) >= 11 is 0. The van der Waals surface area contributed by atoms with Crippen LogP contribution in [0.2, 0.25) is 0 Å². The second kappa shape index (κ2) is 8.36. The number of carbonyl (C=O) groups is 1. The largest absolute Gasteiger partial charge is 0.493 e. The lowest BCUT2D eigenvalue weighted by Gasteiger charge is -2.16. The highest BCUT2D eigenvalue weighted by Crippen LogP contribution is 2.19. The molecule has 5 nitrogen and oxygen atoms in total. The van der Waals surface area contributed by atoms with Gasteiger partial charge in [-0.2, -0.15) is 0 Å². The fourth-order valence-electron chi connectivity index (χ4n) is 2.33. The van der Waals surface area contributed by atoms with E-state index < -0.39 is 6.10 Å². The summed E-state index contributed by atoms with van der Waals surface area (Å²) in [4.78, 5) is 14.3. The maximum atomic E-state index is 12.3. The van der Waals surface area contributed by atoms with Gasteiger partial charge in [-0.1, -0.05) is 24.3 Å². The molecule has 5 heteroatoms. The third kappa shape index (κ3) is 4.49. The van der Waals surface area contributed by atoms with Crippen LogP contribution in [-0.4, -0.2) is 38.3 Å². The third-order valence-corrected chi connectivity index (χ3v) is 3.68. The number of rotatable bonds is 7. The van der Waals surface area contributed by atoms with Crippen molar-refractivity contribution in [2.75, 3.05) is 32.1 Å². The summed E-state index contributed by atoms with van der Waals surface area (Å²) in [5.74, 6) is 0.283. The number of benzene rings is 2. The van der Waals surface area contributed by atoms with Crippen molar-refractivity contribution in [1.29, 1.82) is 0 Å². The van der Waals surface area contributed by atoms with E-state index in [4.69, 9.17) is 4.74 Å². The summed E-state index contributed by atoms with van der Waals surface area (Å²) < 4.78 is 5.46. The van der Waals surface area contributed by atoms with E-state index in [-0.39, 0.29) is 12.5 Å². The Labute approximate surface area is 142 Å². The van der Waals surface area contributed by atoms with Gasteiger partial charge in [0.15, 0.2) is 0 Å². The average molecular weight is 328 g/mol. The van der Waals surface area contributed by atoms with Crippen LogP contribution in [0.3, 0.4) is 0 Å². The molecule has 0 fully saturated rings. The SMILES string of the molecule is CCOc1ccccc1C(=O)NCC(O)c1ccc(N(C)C)cc1. The lowest BCUT2D eigenvalue weighted by Crippen LogP contribution is -2.28. The highest BCUT2D eigenvalue weighted by Gasteiger charge is 2.14. The van der Waals surface area contributed by atoms with Crippen LogP contribution in [0.25, 0.3) is 0 Å². The van der Waals surface area contributed by atoms with E-state index in [1.54, 1.807) is 18.2 Å². The van der Waals surface area contributed by atoms with E-state index in [9.17, 15) is 9.90 Å². The normalized spacial score (nSPS) is 11.7. The van der Waals surface area contributed by atoms with E-state index in [0.717, 1.165) is 11.3 Å². The van der Waals surface area contributed by atoms with Gasteiger partial charge >= 0.3 is 0 Å².